The first-order chi connectivity index (χ1) is 18.8. The fourth-order valence-electron chi connectivity index (χ4n) is 5.09. The van der Waals surface area contributed by atoms with Crippen molar-refractivity contribution in [1.29, 1.82) is 0 Å². The molecule has 2 saturated heterocycles. The zero-order valence-corrected chi connectivity index (χ0v) is 22.2. The number of rotatable bonds is 8. The second kappa shape index (κ2) is 11.6. The van der Waals surface area contributed by atoms with Crippen LogP contribution in [0.15, 0.2) is 36.7 Å². The molecule has 0 N–H and O–H groups in total. The number of alkyl halides is 5. The van der Waals surface area contributed by atoms with Crippen molar-refractivity contribution >= 4 is 11.9 Å². The molecule has 8 nitrogen and oxygen atoms in total. The van der Waals surface area contributed by atoms with E-state index in [1.807, 2.05) is 0 Å². The molecule has 2 aromatic rings. The molecule has 1 amide bonds. The Labute approximate surface area is 228 Å². The predicted molar refractivity (Wildman–Crippen MR) is 134 cm³/mol. The Morgan fingerprint density at radius 1 is 1.02 bits per heavy atom. The van der Waals surface area contributed by atoms with Gasteiger partial charge in [-0.3, -0.25) is 9.69 Å². The van der Waals surface area contributed by atoms with Crippen LogP contribution in [0.25, 0.3) is 11.3 Å². The van der Waals surface area contributed by atoms with Crippen LogP contribution < -0.4 is 4.74 Å². The number of nitrogens with zero attached hydrogens (tertiary/aromatic N) is 4. The van der Waals surface area contributed by atoms with Gasteiger partial charge < -0.3 is 14.4 Å². The van der Waals surface area contributed by atoms with Crippen LogP contribution in [0.2, 0.25) is 0 Å². The smallest absolute Gasteiger partial charge is 0.454 e. The topological polar surface area (TPSA) is 84.9 Å². The van der Waals surface area contributed by atoms with Crippen molar-refractivity contribution in [1.82, 2.24) is 19.8 Å². The van der Waals surface area contributed by atoms with Gasteiger partial charge in [-0.1, -0.05) is 12.1 Å². The first kappa shape index (κ1) is 29.6. The summed E-state index contributed by atoms with van der Waals surface area (Å²) >= 11 is 0. The number of carbonyl (C=O) groups is 2. The average molecular weight is 571 g/mol. The first-order valence-corrected chi connectivity index (χ1v) is 13.0. The summed E-state index contributed by atoms with van der Waals surface area (Å²) in [6.45, 7) is 1.34. The molecule has 0 bridgehead atoms. The lowest BCUT2D eigenvalue weighted by Crippen LogP contribution is -2.51. The first-order valence-electron chi connectivity index (χ1n) is 13.0. The van der Waals surface area contributed by atoms with Crippen molar-refractivity contribution in [2.75, 3.05) is 39.9 Å². The lowest BCUT2D eigenvalue weighted by Gasteiger charge is -2.34. The second-order valence-corrected chi connectivity index (χ2v) is 10.4. The lowest BCUT2D eigenvalue weighted by molar-refractivity contribution is -0.287. The van der Waals surface area contributed by atoms with E-state index in [1.165, 1.54) is 19.5 Å². The van der Waals surface area contributed by atoms with Gasteiger partial charge in [0.1, 0.15) is 5.54 Å². The maximum Gasteiger partial charge on any atom is 0.454 e. The van der Waals surface area contributed by atoms with Crippen molar-refractivity contribution in [3.8, 4) is 17.1 Å². The minimum absolute atomic E-state index is 0.000960. The molecule has 40 heavy (non-hydrogen) atoms. The number of aromatic nitrogens is 2. The van der Waals surface area contributed by atoms with Gasteiger partial charge in [0.05, 0.1) is 38.3 Å². The fraction of sp³-hybridized carbons (Fsp3) is 0.556. The number of hydrogen-bond acceptors (Lipinski definition) is 7. The number of ether oxygens (including phenoxy) is 2. The highest BCUT2D eigenvalue weighted by atomic mass is 19.4. The van der Waals surface area contributed by atoms with Crippen LogP contribution >= 0.6 is 0 Å². The fourth-order valence-corrected chi connectivity index (χ4v) is 5.09. The molecule has 3 heterocycles. The van der Waals surface area contributed by atoms with Crippen molar-refractivity contribution < 1.29 is 41.0 Å². The number of amides is 1. The zero-order valence-electron chi connectivity index (χ0n) is 22.2. The third-order valence-corrected chi connectivity index (χ3v) is 7.58. The normalized spacial score (nSPS) is 20.9. The van der Waals surface area contributed by atoms with Gasteiger partial charge in [-0.25, -0.2) is 14.8 Å². The van der Waals surface area contributed by atoms with Crippen molar-refractivity contribution in [3.63, 3.8) is 0 Å². The second-order valence-electron chi connectivity index (χ2n) is 10.4. The minimum Gasteiger partial charge on any atom is -0.476 e. The summed E-state index contributed by atoms with van der Waals surface area (Å²) < 4.78 is 74.5. The SMILES string of the molecule is COC(=O)[C@]1(C)CCCN1C(=O)c1ccc(-c2cnc(OCC3CCN(CC(F)(F)C(F)(F)F)CC3)cn2)cc1. The molecule has 2 fully saturated rings. The number of halogens is 5. The molecule has 13 heteroatoms. The largest absolute Gasteiger partial charge is 0.476 e. The van der Waals surface area contributed by atoms with Crippen LogP contribution in [0, 0.1) is 5.92 Å². The molecule has 1 aromatic heterocycles. The quantitative estimate of drug-likeness (QED) is 0.339. The molecule has 0 spiro atoms. The van der Waals surface area contributed by atoms with Crippen LogP contribution in [0.5, 0.6) is 5.88 Å². The maximum absolute atomic E-state index is 13.3. The van der Waals surface area contributed by atoms with E-state index in [9.17, 15) is 31.5 Å². The number of esters is 1. The Morgan fingerprint density at radius 2 is 1.70 bits per heavy atom. The summed E-state index contributed by atoms with van der Waals surface area (Å²) in [4.78, 5) is 36.6. The monoisotopic (exact) mass is 570 g/mol. The number of hydrogen-bond donors (Lipinski definition) is 0. The highest BCUT2D eigenvalue weighted by molar-refractivity contribution is 5.98. The molecule has 2 aliphatic rings. The van der Waals surface area contributed by atoms with Gasteiger partial charge in [0.2, 0.25) is 5.88 Å². The van der Waals surface area contributed by atoms with Crippen molar-refractivity contribution in [3.05, 3.63) is 42.2 Å². The molecule has 218 valence electrons. The van der Waals surface area contributed by atoms with Gasteiger partial charge in [0.25, 0.3) is 5.91 Å². The molecule has 4 rings (SSSR count). The van der Waals surface area contributed by atoms with Crippen LogP contribution in [0.3, 0.4) is 0 Å². The van der Waals surface area contributed by atoms with E-state index in [1.54, 1.807) is 36.1 Å². The van der Waals surface area contributed by atoms with Crippen LogP contribution in [0.1, 0.15) is 43.0 Å². The third kappa shape index (κ3) is 6.34. The van der Waals surface area contributed by atoms with E-state index >= 15 is 0 Å². The molecular formula is C27H31F5N4O4. The van der Waals surface area contributed by atoms with E-state index in [0.29, 0.717) is 43.5 Å². The molecule has 2 aliphatic heterocycles. The highest BCUT2D eigenvalue weighted by Crippen LogP contribution is 2.37. The summed E-state index contributed by atoms with van der Waals surface area (Å²) in [6.07, 6.45) is -0.491. The Balaban J connectivity index is 1.28. The minimum atomic E-state index is -5.56. The van der Waals surface area contributed by atoms with Crippen molar-refractivity contribution in [2.24, 2.45) is 5.92 Å². The van der Waals surface area contributed by atoms with Gasteiger partial charge in [-0.05, 0) is 63.7 Å². The van der Waals surface area contributed by atoms with E-state index < -0.39 is 30.2 Å². The van der Waals surface area contributed by atoms with Crippen molar-refractivity contribution in [2.45, 2.75) is 50.2 Å². The molecule has 0 aliphatic carbocycles. The molecule has 0 radical (unpaired) electrons. The molecule has 0 saturated carbocycles. The standard InChI is InChI=1S/C27H31F5N4O4/c1-25(24(38)39-2)10-3-11-36(25)23(37)20-6-4-19(5-7-20)21-14-34-22(15-33-21)40-16-18-8-12-35(13-9-18)17-26(28,29)27(30,31)32/h4-7,14-15,18H,3,8-13,16-17H2,1-2H3/t25-/m0/s1. The van der Waals surface area contributed by atoms with Gasteiger partial charge >= 0.3 is 18.1 Å². The third-order valence-electron chi connectivity index (χ3n) is 7.58. The Morgan fingerprint density at radius 3 is 2.27 bits per heavy atom. The zero-order chi connectivity index (χ0) is 29.1. The molecule has 1 aromatic carbocycles. The predicted octanol–water partition coefficient (Wildman–Crippen LogP) is 4.60. The summed E-state index contributed by atoms with van der Waals surface area (Å²) in [7, 11) is 1.31. The summed E-state index contributed by atoms with van der Waals surface area (Å²) in [6, 6.07) is 6.80. The van der Waals surface area contributed by atoms with Crippen LogP contribution in [0.4, 0.5) is 22.0 Å². The molecule has 0 unspecified atom stereocenters. The summed E-state index contributed by atoms with van der Waals surface area (Å²) in [5.41, 5.74) is 0.702. The Hall–Kier alpha value is -3.35. The number of methoxy groups -OCH3 is 1. The number of piperidine rings is 1. The molecule has 1 atom stereocenters. The summed E-state index contributed by atoms with van der Waals surface area (Å²) in [5, 5.41) is 0. The van der Waals surface area contributed by atoms with E-state index in [0.717, 1.165) is 10.5 Å². The molecular weight excluding hydrogens is 539 g/mol. The van der Waals surface area contributed by atoms with Crippen LogP contribution in [-0.2, 0) is 9.53 Å². The van der Waals surface area contributed by atoms with E-state index in [2.05, 4.69) is 9.97 Å². The van der Waals surface area contributed by atoms with Gasteiger partial charge in [0.15, 0.2) is 0 Å². The number of benzene rings is 1. The number of carbonyl (C=O) groups excluding carboxylic acids is 2. The number of likely N-dealkylation sites (tertiary alicyclic amines) is 2. The van der Waals surface area contributed by atoms with Gasteiger partial charge in [0, 0.05) is 17.7 Å². The van der Waals surface area contributed by atoms with E-state index in [-0.39, 0.29) is 37.4 Å². The lowest BCUT2D eigenvalue weighted by atomic mass is 9.97. The summed E-state index contributed by atoms with van der Waals surface area (Å²) in [5.74, 6) is -5.17. The highest BCUT2D eigenvalue weighted by Gasteiger charge is 2.58. The van der Waals surface area contributed by atoms with Gasteiger partial charge in [-0.15, -0.1) is 0 Å². The van der Waals surface area contributed by atoms with Crippen LogP contribution in [-0.4, -0.2) is 89.2 Å². The van der Waals surface area contributed by atoms with Gasteiger partial charge in [-0.2, -0.15) is 22.0 Å². The maximum atomic E-state index is 13.3. The van der Waals surface area contributed by atoms with E-state index in [4.69, 9.17) is 9.47 Å². The Bertz CT molecular complexity index is 1180. The Kier molecular flexibility index (Phi) is 8.62. The average Bonchev–Trinajstić information content (AvgIpc) is 3.34.